The number of amides is 2. The SMILES string of the molecule is O=C(O)C1CCCN(C(=O)Nc2ccccc2-c2cccs2)C1. The van der Waals surface area contributed by atoms with E-state index in [1.807, 2.05) is 41.8 Å². The maximum atomic E-state index is 12.5. The molecule has 5 nitrogen and oxygen atoms in total. The van der Waals surface area contributed by atoms with Gasteiger partial charge in [-0.15, -0.1) is 11.3 Å². The summed E-state index contributed by atoms with van der Waals surface area (Å²) < 4.78 is 0. The summed E-state index contributed by atoms with van der Waals surface area (Å²) in [4.78, 5) is 26.3. The average Bonchev–Trinajstić information content (AvgIpc) is 3.09. The van der Waals surface area contributed by atoms with Crippen molar-refractivity contribution < 1.29 is 14.7 Å². The zero-order valence-corrected chi connectivity index (χ0v) is 13.4. The van der Waals surface area contributed by atoms with Crippen LogP contribution in [0.5, 0.6) is 0 Å². The quantitative estimate of drug-likeness (QED) is 0.900. The molecule has 1 aromatic carbocycles. The predicted molar refractivity (Wildman–Crippen MR) is 90.7 cm³/mol. The van der Waals surface area contributed by atoms with Crippen molar-refractivity contribution in [1.29, 1.82) is 0 Å². The van der Waals surface area contributed by atoms with Gasteiger partial charge < -0.3 is 15.3 Å². The van der Waals surface area contributed by atoms with Crippen molar-refractivity contribution in [3.05, 3.63) is 41.8 Å². The second-order valence-corrected chi connectivity index (χ2v) is 6.52. The summed E-state index contributed by atoms with van der Waals surface area (Å²) in [6.07, 6.45) is 1.35. The molecule has 0 saturated carbocycles. The van der Waals surface area contributed by atoms with Gasteiger partial charge in [0.2, 0.25) is 0 Å². The highest BCUT2D eigenvalue weighted by Crippen LogP contribution is 2.31. The number of hydrogen-bond acceptors (Lipinski definition) is 3. The van der Waals surface area contributed by atoms with Crippen molar-refractivity contribution in [2.24, 2.45) is 5.92 Å². The van der Waals surface area contributed by atoms with E-state index in [4.69, 9.17) is 5.11 Å². The highest BCUT2D eigenvalue weighted by Gasteiger charge is 2.28. The van der Waals surface area contributed by atoms with E-state index in [9.17, 15) is 9.59 Å². The normalized spacial score (nSPS) is 17.7. The Morgan fingerprint density at radius 2 is 2.04 bits per heavy atom. The largest absolute Gasteiger partial charge is 0.481 e. The van der Waals surface area contributed by atoms with Gasteiger partial charge in [-0.25, -0.2) is 4.79 Å². The van der Waals surface area contributed by atoms with Gasteiger partial charge in [0.25, 0.3) is 0 Å². The van der Waals surface area contributed by atoms with Gasteiger partial charge in [-0.2, -0.15) is 0 Å². The summed E-state index contributed by atoms with van der Waals surface area (Å²) in [5.74, 6) is -1.30. The Kier molecular flexibility index (Phi) is 4.62. The van der Waals surface area contributed by atoms with Gasteiger partial charge in [0.15, 0.2) is 0 Å². The van der Waals surface area contributed by atoms with E-state index >= 15 is 0 Å². The van der Waals surface area contributed by atoms with Crippen molar-refractivity contribution in [3.63, 3.8) is 0 Å². The number of para-hydroxylation sites is 1. The zero-order valence-electron chi connectivity index (χ0n) is 12.6. The van der Waals surface area contributed by atoms with Gasteiger partial charge in [-0.1, -0.05) is 24.3 Å². The predicted octanol–water partition coefficient (Wildman–Crippen LogP) is 3.74. The number of nitrogens with one attached hydrogen (secondary N) is 1. The molecule has 1 fully saturated rings. The molecule has 1 saturated heterocycles. The van der Waals surface area contributed by atoms with Gasteiger partial charge in [0.05, 0.1) is 11.6 Å². The Morgan fingerprint density at radius 3 is 2.78 bits per heavy atom. The van der Waals surface area contributed by atoms with Crippen LogP contribution < -0.4 is 5.32 Å². The summed E-state index contributed by atoms with van der Waals surface area (Å²) in [6, 6.07) is 11.4. The van der Waals surface area contributed by atoms with Gasteiger partial charge >= 0.3 is 12.0 Å². The highest BCUT2D eigenvalue weighted by molar-refractivity contribution is 7.13. The minimum Gasteiger partial charge on any atom is -0.481 e. The van der Waals surface area contributed by atoms with E-state index < -0.39 is 11.9 Å². The molecule has 1 unspecified atom stereocenters. The molecule has 2 aromatic rings. The summed E-state index contributed by atoms with van der Waals surface area (Å²) in [5.41, 5.74) is 1.72. The van der Waals surface area contributed by atoms with Crippen LogP contribution in [0, 0.1) is 5.92 Å². The molecule has 0 bridgehead atoms. The highest BCUT2D eigenvalue weighted by atomic mass is 32.1. The smallest absolute Gasteiger partial charge is 0.321 e. The minimum atomic E-state index is -0.832. The number of carboxylic acid groups (broad SMARTS) is 1. The first kappa shape index (κ1) is 15.6. The molecule has 1 aliphatic heterocycles. The summed E-state index contributed by atoms with van der Waals surface area (Å²) in [7, 11) is 0. The number of hydrogen-bond donors (Lipinski definition) is 2. The van der Waals surface area contributed by atoms with Gasteiger partial charge in [0, 0.05) is 23.5 Å². The van der Waals surface area contributed by atoms with Crippen LogP contribution >= 0.6 is 11.3 Å². The fourth-order valence-electron chi connectivity index (χ4n) is 2.80. The van der Waals surface area contributed by atoms with Crippen molar-refractivity contribution in [2.75, 3.05) is 18.4 Å². The molecule has 3 rings (SSSR count). The zero-order chi connectivity index (χ0) is 16.2. The van der Waals surface area contributed by atoms with E-state index in [1.165, 1.54) is 0 Å². The Labute approximate surface area is 138 Å². The van der Waals surface area contributed by atoms with Gasteiger partial charge in [-0.05, 0) is 30.4 Å². The minimum absolute atomic E-state index is 0.236. The molecular weight excluding hydrogens is 312 g/mol. The maximum Gasteiger partial charge on any atom is 0.321 e. The number of carbonyl (C=O) groups excluding carboxylic acids is 1. The van der Waals surface area contributed by atoms with Crippen LogP contribution in [0.3, 0.4) is 0 Å². The summed E-state index contributed by atoms with van der Waals surface area (Å²) in [5, 5.41) is 14.1. The lowest BCUT2D eigenvalue weighted by Gasteiger charge is -2.30. The Hall–Kier alpha value is -2.34. The van der Waals surface area contributed by atoms with Crippen LogP contribution in [0.2, 0.25) is 0 Å². The lowest BCUT2D eigenvalue weighted by molar-refractivity contribution is -0.143. The second kappa shape index (κ2) is 6.83. The molecule has 0 radical (unpaired) electrons. The van der Waals surface area contributed by atoms with E-state index in [2.05, 4.69) is 5.32 Å². The van der Waals surface area contributed by atoms with Crippen molar-refractivity contribution in [2.45, 2.75) is 12.8 Å². The molecule has 6 heteroatoms. The molecule has 1 aromatic heterocycles. The first-order valence-corrected chi connectivity index (χ1v) is 8.45. The molecule has 2 heterocycles. The van der Waals surface area contributed by atoms with Crippen molar-refractivity contribution >= 4 is 29.0 Å². The lowest BCUT2D eigenvalue weighted by Crippen LogP contribution is -2.44. The number of rotatable bonds is 3. The molecule has 120 valence electrons. The summed E-state index contributed by atoms with van der Waals surface area (Å²) >= 11 is 1.61. The fourth-order valence-corrected chi connectivity index (χ4v) is 3.56. The number of thiophene rings is 1. The fraction of sp³-hybridized carbons (Fsp3) is 0.294. The van der Waals surface area contributed by atoms with Crippen LogP contribution in [0.15, 0.2) is 41.8 Å². The number of benzene rings is 1. The molecule has 2 amide bonds. The van der Waals surface area contributed by atoms with Gasteiger partial charge in [-0.3, -0.25) is 4.79 Å². The molecule has 0 aliphatic carbocycles. The third-order valence-corrected chi connectivity index (χ3v) is 4.92. The number of piperidine rings is 1. The van der Waals surface area contributed by atoms with Crippen molar-refractivity contribution in [3.8, 4) is 10.4 Å². The molecule has 1 aliphatic rings. The second-order valence-electron chi connectivity index (χ2n) is 5.58. The van der Waals surface area contributed by atoms with Gasteiger partial charge in [0.1, 0.15) is 0 Å². The van der Waals surface area contributed by atoms with E-state index in [1.54, 1.807) is 16.2 Å². The van der Waals surface area contributed by atoms with Crippen LogP contribution in [0.25, 0.3) is 10.4 Å². The van der Waals surface area contributed by atoms with Crippen LogP contribution in [0.1, 0.15) is 12.8 Å². The number of aliphatic carboxylic acids is 1. The molecule has 2 N–H and O–H groups in total. The number of nitrogens with zero attached hydrogens (tertiary/aromatic N) is 1. The Balaban J connectivity index is 1.75. The Morgan fingerprint density at radius 1 is 1.22 bits per heavy atom. The molecular formula is C17H18N2O3S. The van der Waals surface area contributed by atoms with Crippen molar-refractivity contribution in [1.82, 2.24) is 4.90 Å². The standard InChI is InChI=1S/C17H18N2O3S/c20-16(21)12-5-3-9-19(11-12)17(22)18-14-7-2-1-6-13(14)15-8-4-10-23-15/h1-2,4,6-8,10,12H,3,5,9,11H2,(H,18,22)(H,20,21). The van der Waals surface area contributed by atoms with Crippen LogP contribution in [0.4, 0.5) is 10.5 Å². The number of carboxylic acids is 1. The maximum absolute atomic E-state index is 12.5. The first-order valence-electron chi connectivity index (χ1n) is 7.57. The Bertz CT molecular complexity index is 700. The number of likely N-dealkylation sites (tertiary alicyclic amines) is 1. The lowest BCUT2D eigenvalue weighted by atomic mass is 9.99. The first-order chi connectivity index (χ1) is 11.1. The topological polar surface area (TPSA) is 69.6 Å². The number of carbonyl (C=O) groups is 2. The molecule has 23 heavy (non-hydrogen) atoms. The average molecular weight is 330 g/mol. The summed E-state index contributed by atoms with van der Waals surface area (Å²) in [6.45, 7) is 0.860. The monoisotopic (exact) mass is 330 g/mol. The van der Waals surface area contributed by atoms with Crippen LogP contribution in [-0.4, -0.2) is 35.1 Å². The third kappa shape index (κ3) is 3.53. The van der Waals surface area contributed by atoms with E-state index in [0.29, 0.717) is 13.0 Å². The molecule has 0 spiro atoms. The number of urea groups is 1. The third-order valence-electron chi connectivity index (χ3n) is 4.01. The van der Waals surface area contributed by atoms with E-state index in [-0.39, 0.29) is 12.6 Å². The van der Waals surface area contributed by atoms with Crippen LogP contribution in [-0.2, 0) is 4.79 Å². The number of anilines is 1. The van der Waals surface area contributed by atoms with E-state index in [0.717, 1.165) is 22.5 Å². The molecule has 1 atom stereocenters.